The van der Waals surface area contributed by atoms with E-state index in [1.165, 1.54) is 17.8 Å². The first-order valence-corrected chi connectivity index (χ1v) is 7.89. The van der Waals surface area contributed by atoms with Gasteiger partial charge in [0.25, 0.3) is 5.56 Å². The van der Waals surface area contributed by atoms with E-state index in [2.05, 4.69) is 23.8 Å². The molecule has 0 spiro atoms. The van der Waals surface area contributed by atoms with Gasteiger partial charge in [-0.05, 0) is 56.8 Å². The largest absolute Gasteiger partial charge is 0.322 e. The van der Waals surface area contributed by atoms with E-state index in [0.717, 1.165) is 23.1 Å². The van der Waals surface area contributed by atoms with Gasteiger partial charge in [0.15, 0.2) is 0 Å². The summed E-state index contributed by atoms with van der Waals surface area (Å²) >= 11 is 6.91. The minimum atomic E-state index is 0.000556. The van der Waals surface area contributed by atoms with Crippen LogP contribution in [-0.4, -0.2) is 21.7 Å². The second-order valence-corrected chi connectivity index (χ2v) is 6.52. The molecular formula is C13H17N3OS2. The second-order valence-electron chi connectivity index (χ2n) is 5.22. The minimum absolute atomic E-state index is 0.000556. The number of thiophene rings is 1. The van der Waals surface area contributed by atoms with E-state index < -0.39 is 0 Å². The average Bonchev–Trinajstić information content (AvgIpc) is 2.81. The van der Waals surface area contributed by atoms with Gasteiger partial charge in [-0.3, -0.25) is 4.79 Å². The van der Waals surface area contributed by atoms with Crippen molar-refractivity contribution >= 4 is 33.8 Å². The predicted molar refractivity (Wildman–Crippen MR) is 82.3 cm³/mol. The maximum atomic E-state index is 12.6. The predicted octanol–water partition coefficient (Wildman–Crippen LogP) is 3.02. The molecule has 0 saturated carbocycles. The van der Waals surface area contributed by atoms with Crippen molar-refractivity contribution in [2.75, 3.05) is 5.01 Å². The topological polar surface area (TPSA) is 41.0 Å². The van der Waals surface area contributed by atoms with Crippen molar-refractivity contribution in [3.8, 4) is 0 Å². The monoisotopic (exact) mass is 295 g/mol. The van der Waals surface area contributed by atoms with Crippen molar-refractivity contribution in [3.63, 3.8) is 0 Å². The number of H-pyrrole nitrogens is 1. The van der Waals surface area contributed by atoms with Crippen molar-refractivity contribution in [1.29, 1.82) is 0 Å². The molecule has 1 aliphatic rings. The van der Waals surface area contributed by atoms with Crippen molar-refractivity contribution in [3.05, 3.63) is 26.6 Å². The summed E-state index contributed by atoms with van der Waals surface area (Å²) < 4.78 is 2.17. The molecule has 1 fully saturated rings. The zero-order valence-corrected chi connectivity index (χ0v) is 12.7. The van der Waals surface area contributed by atoms with Gasteiger partial charge >= 0.3 is 0 Å². The van der Waals surface area contributed by atoms with Crippen LogP contribution in [0.15, 0.2) is 16.2 Å². The summed E-state index contributed by atoms with van der Waals surface area (Å²) in [5, 5.41) is 4.79. The van der Waals surface area contributed by atoms with E-state index in [0.29, 0.717) is 16.9 Å². The molecule has 2 aromatic heterocycles. The number of hydrogen-bond donors (Lipinski definition) is 1. The summed E-state index contributed by atoms with van der Waals surface area (Å²) in [7, 11) is 0. The standard InChI is InChI=1S/C13H17N3OS2/c1-8-4-3-5-9(2)15(8)16-12(17)10-6-7-19-11(10)14-13(16)18/h6-9H,3-5H2,1-2H3,(H,14,18). The first-order valence-electron chi connectivity index (χ1n) is 6.60. The number of aromatic nitrogens is 2. The third-order valence-electron chi connectivity index (χ3n) is 3.88. The molecule has 102 valence electrons. The van der Waals surface area contributed by atoms with Crippen LogP contribution < -0.4 is 10.6 Å². The molecule has 3 heterocycles. The van der Waals surface area contributed by atoms with Gasteiger partial charge in [0, 0.05) is 12.1 Å². The van der Waals surface area contributed by atoms with Crippen LogP contribution in [0.25, 0.3) is 10.2 Å². The van der Waals surface area contributed by atoms with Crippen LogP contribution >= 0.6 is 23.6 Å². The van der Waals surface area contributed by atoms with Gasteiger partial charge in [-0.15, -0.1) is 11.3 Å². The summed E-state index contributed by atoms with van der Waals surface area (Å²) in [6.07, 6.45) is 3.42. The lowest BCUT2D eigenvalue weighted by molar-refractivity contribution is 0.328. The highest BCUT2D eigenvalue weighted by Gasteiger charge is 2.27. The van der Waals surface area contributed by atoms with Gasteiger partial charge in [0.1, 0.15) is 4.83 Å². The van der Waals surface area contributed by atoms with Crippen LogP contribution in [0.2, 0.25) is 0 Å². The molecule has 3 rings (SSSR count). The number of hydrogen-bond acceptors (Lipinski definition) is 4. The first kappa shape index (κ1) is 12.9. The number of nitrogens with one attached hydrogen (secondary N) is 1. The van der Waals surface area contributed by atoms with E-state index >= 15 is 0 Å². The summed E-state index contributed by atoms with van der Waals surface area (Å²) in [5.41, 5.74) is 0.000556. The molecule has 1 aliphatic heterocycles. The fourth-order valence-electron chi connectivity index (χ4n) is 2.94. The van der Waals surface area contributed by atoms with Gasteiger partial charge in [0.05, 0.1) is 5.39 Å². The number of fused-ring (bicyclic) bond motifs is 1. The maximum Gasteiger partial charge on any atom is 0.281 e. The van der Waals surface area contributed by atoms with E-state index in [1.807, 2.05) is 11.4 Å². The molecule has 0 amide bonds. The lowest BCUT2D eigenvalue weighted by Gasteiger charge is -2.41. The van der Waals surface area contributed by atoms with E-state index in [1.54, 1.807) is 4.68 Å². The maximum absolute atomic E-state index is 12.6. The third-order valence-corrected chi connectivity index (χ3v) is 4.98. The summed E-state index contributed by atoms with van der Waals surface area (Å²) in [5.74, 6) is 0. The molecule has 0 aromatic carbocycles. The fraction of sp³-hybridized carbons (Fsp3) is 0.538. The number of nitrogens with zero attached hydrogens (tertiary/aromatic N) is 2. The lowest BCUT2D eigenvalue weighted by atomic mass is 10.00. The molecule has 6 heteroatoms. The Morgan fingerprint density at radius 1 is 1.37 bits per heavy atom. The molecule has 2 unspecified atom stereocenters. The van der Waals surface area contributed by atoms with Crippen molar-refractivity contribution in [2.45, 2.75) is 45.2 Å². The van der Waals surface area contributed by atoms with Crippen molar-refractivity contribution < 1.29 is 0 Å². The molecule has 19 heavy (non-hydrogen) atoms. The van der Waals surface area contributed by atoms with Gasteiger partial charge in [0.2, 0.25) is 4.77 Å². The molecule has 1 N–H and O–H groups in total. The zero-order chi connectivity index (χ0) is 13.6. The minimum Gasteiger partial charge on any atom is -0.322 e. The molecule has 4 nitrogen and oxygen atoms in total. The van der Waals surface area contributed by atoms with Crippen LogP contribution in [0.4, 0.5) is 0 Å². The summed E-state index contributed by atoms with van der Waals surface area (Å²) in [4.78, 5) is 16.7. The van der Waals surface area contributed by atoms with Crippen LogP contribution in [-0.2, 0) is 0 Å². The Morgan fingerprint density at radius 2 is 2.05 bits per heavy atom. The highest BCUT2D eigenvalue weighted by Crippen LogP contribution is 2.22. The number of aromatic amines is 1. The normalized spacial score (nSPS) is 24.0. The van der Waals surface area contributed by atoms with Crippen LogP contribution in [0.5, 0.6) is 0 Å². The van der Waals surface area contributed by atoms with Crippen molar-refractivity contribution in [1.82, 2.24) is 9.66 Å². The SMILES string of the molecule is CC1CCCC(C)N1n1c(=S)[nH]c2sccc2c1=O. The Balaban J connectivity index is 2.24. The molecule has 1 saturated heterocycles. The quantitative estimate of drug-likeness (QED) is 0.822. The number of piperidine rings is 1. The van der Waals surface area contributed by atoms with Crippen molar-refractivity contribution in [2.24, 2.45) is 0 Å². The Kier molecular flexibility index (Phi) is 3.22. The van der Waals surface area contributed by atoms with Gasteiger partial charge in [-0.1, -0.05) is 0 Å². The Bertz CT molecular complexity index is 704. The molecule has 2 atom stereocenters. The van der Waals surface area contributed by atoms with Crippen LogP contribution in [0, 0.1) is 4.77 Å². The van der Waals surface area contributed by atoms with Gasteiger partial charge in [-0.25, -0.2) is 0 Å². The lowest BCUT2D eigenvalue weighted by Crippen LogP contribution is -2.55. The molecule has 2 aromatic rings. The third kappa shape index (κ3) is 2.03. The Hall–Kier alpha value is -1.14. The smallest absolute Gasteiger partial charge is 0.281 e. The zero-order valence-electron chi connectivity index (χ0n) is 11.0. The summed E-state index contributed by atoms with van der Waals surface area (Å²) in [6, 6.07) is 2.55. The van der Waals surface area contributed by atoms with E-state index in [4.69, 9.17) is 12.2 Å². The Morgan fingerprint density at radius 3 is 2.74 bits per heavy atom. The molecule has 0 aliphatic carbocycles. The van der Waals surface area contributed by atoms with Crippen LogP contribution in [0.1, 0.15) is 33.1 Å². The second kappa shape index (κ2) is 4.76. The first-order chi connectivity index (χ1) is 9.09. The van der Waals surface area contributed by atoms with E-state index in [-0.39, 0.29) is 5.56 Å². The fourth-order valence-corrected chi connectivity index (χ4v) is 4.06. The Labute approximate surface area is 120 Å². The highest BCUT2D eigenvalue weighted by atomic mass is 32.1. The van der Waals surface area contributed by atoms with Gasteiger partial charge in [-0.2, -0.15) is 4.68 Å². The molecule has 0 bridgehead atoms. The van der Waals surface area contributed by atoms with Gasteiger partial charge < -0.3 is 9.99 Å². The molecular weight excluding hydrogens is 278 g/mol. The van der Waals surface area contributed by atoms with Crippen LogP contribution in [0.3, 0.4) is 0 Å². The van der Waals surface area contributed by atoms with E-state index in [9.17, 15) is 4.79 Å². The summed E-state index contributed by atoms with van der Waals surface area (Å²) in [6.45, 7) is 4.32. The molecule has 0 radical (unpaired) electrons. The average molecular weight is 295 g/mol. The number of rotatable bonds is 1. The highest BCUT2D eigenvalue weighted by molar-refractivity contribution is 7.71.